The largest absolute Gasteiger partial charge is 0.379 e. The Balaban J connectivity index is 1.96. The van der Waals surface area contributed by atoms with E-state index in [1.165, 1.54) is 0 Å². The van der Waals surface area contributed by atoms with Gasteiger partial charge in [-0.2, -0.15) is 0 Å². The van der Waals surface area contributed by atoms with E-state index in [2.05, 4.69) is 14.9 Å². The third kappa shape index (κ3) is 7.02. The van der Waals surface area contributed by atoms with Crippen LogP contribution in [0, 0.1) is 0 Å². The second-order valence-electron chi connectivity index (χ2n) is 4.33. The summed E-state index contributed by atoms with van der Waals surface area (Å²) in [5.41, 5.74) is 8.05. The molecule has 0 spiro atoms. The topological polar surface area (TPSA) is 131 Å². The Hall–Kier alpha value is -2.16. The van der Waals surface area contributed by atoms with E-state index in [1.54, 1.807) is 0 Å². The normalized spacial score (nSPS) is 14.1. The van der Waals surface area contributed by atoms with Crippen LogP contribution in [0.2, 0.25) is 0 Å². The fourth-order valence-corrected chi connectivity index (χ4v) is 1.56. The lowest BCUT2D eigenvalue weighted by Crippen LogP contribution is -2.32. The van der Waals surface area contributed by atoms with Crippen molar-refractivity contribution in [2.75, 3.05) is 33.0 Å². The predicted octanol–water partition coefficient (Wildman–Crippen LogP) is 0.717. The molecule has 2 amide bonds. The van der Waals surface area contributed by atoms with Gasteiger partial charge in [0, 0.05) is 30.9 Å². The van der Waals surface area contributed by atoms with Crippen molar-refractivity contribution in [3.8, 4) is 0 Å². The molecule has 0 aromatic heterocycles. The molecular formula is C12H18N4O6. The second-order valence-corrected chi connectivity index (χ2v) is 4.33. The zero-order valence-corrected chi connectivity index (χ0v) is 12.1. The highest BCUT2D eigenvalue weighted by atomic mass is 16.7. The molecule has 1 fully saturated rings. The number of hydrogen-bond acceptors (Lipinski definition) is 7. The van der Waals surface area contributed by atoms with Gasteiger partial charge in [-0.15, -0.1) is 5.06 Å². The van der Waals surface area contributed by atoms with Crippen LogP contribution in [0.4, 0.5) is 0 Å². The van der Waals surface area contributed by atoms with Gasteiger partial charge < -0.3 is 14.3 Å². The van der Waals surface area contributed by atoms with Crippen LogP contribution in [0.15, 0.2) is 5.11 Å². The van der Waals surface area contributed by atoms with Crippen LogP contribution in [0.3, 0.4) is 0 Å². The predicted molar refractivity (Wildman–Crippen MR) is 72.1 cm³/mol. The van der Waals surface area contributed by atoms with Gasteiger partial charge >= 0.3 is 5.97 Å². The van der Waals surface area contributed by atoms with Gasteiger partial charge in [0.2, 0.25) is 0 Å². The van der Waals surface area contributed by atoms with Gasteiger partial charge in [-0.25, -0.2) is 4.79 Å². The van der Waals surface area contributed by atoms with Crippen molar-refractivity contribution in [3.63, 3.8) is 0 Å². The lowest BCUT2D eigenvalue weighted by molar-refractivity contribution is -0.198. The zero-order valence-electron chi connectivity index (χ0n) is 12.1. The first-order valence-corrected chi connectivity index (χ1v) is 6.88. The fourth-order valence-electron chi connectivity index (χ4n) is 1.56. The molecule has 0 aromatic carbocycles. The number of nitrogens with zero attached hydrogens (tertiary/aromatic N) is 4. The molecule has 1 rings (SSSR count). The third-order valence-corrected chi connectivity index (χ3v) is 2.63. The SMILES string of the molecule is [N-]=[N+]=NCCCOCCOCCC(=O)ON1C(=O)CCC1=O. The number of rotatable bonds is 11. The molecule has 0 N–H and O–H groups in total. The minimum absolute atomic E-state index is 0.0616. The fraction of sp³-hybridized carbons (Fsp3) is 0.750. The number of amides is 2. The molecule has 0 aliphatic carbocycles. The molecule has 10 heteroatoms. The van der Waals surface area contributed by atoms with E-state index in [4.69, 9.17) is 15.0 Å². The number of ether oxygens (including phenoxy) is 2. The Morgan fingerprint density at radius 3 is 2.41 bits per heavy atom. The molecular weight excluding hydrogens is 296 g/mol. The molecule has 0 atom stereocenters. The average molecular weight is 314 g/mol. The highest BCUT2D eigenvalue weighted by molar-refractivity contribution is 6.01. The van der Waals surface area contributed by atoms with Gasteiger partial charge in [0.25, 0.3) is 11.8 Å². The number of carbonyl (C=O) groups is 3. The molecule has 0 saturated carbocycles. The van der Waals surface area contributed by atoms with Crippen LogP contribution in [0.25, 0.3) is 10.4 Å². The summed E-state index contributed by atoms with van der Waals surface area (Å²) in [6, 6.07) is 0. The molecule has 10 nitrogen and oxygen atoms in total. The standard InChI is InChI=1S/C12H18N4O6/c13-15-14-5-1-6-20-8-9-21-7-4-12(19)22-16-10(17)2-3-11(16)18/h1-9H2. The van der Waals surface area contributed by atoms with Crippen LogP contribution in [0.5, 0.6) is 0 Å². The van der Waals surface area contributed by atoms with Crippen molar-refractivity contribution in [2.45, 2.75) is 25.7 Å². The highest BCUT2D eigenvalue weighted by Gasteiger charge is 2.32. The quantitative estimate of drug-likeness (QED) is 0.181. The van der Waals surface area contributed by atoms with Crippen molar-refractivity contribution in [3.05, 3.63) is 10.4 Å². The van der Waals surface area contributed by atoms with Crippen molar-refractivity contribution in [1.29, 1.82) is 0 Å². The third-order valence-electron chi connectivity index (χ3n) is 2.63. The van der Waals surface area contributed by atoms with Gasteiger partial charge in [-0.1, -0.05) is 5.11 Å². The maximum atomic E-state index is 11.4. The van der Waals surface area contributed by atoms with Gasteiger partial charge in [-0.05, 0) is 12.0 Å². The van der Waals surface area contributed by atoms with Crippen LogP contribution < -0.4 is 0 Å². The van der Waals surface area contributed by atoms with E-state index in [0.717, 1.165) is 0 Å². The van der Waals surface area contributed by atoms with E-state index in [-0.39, 0.29) is 25.9 Å². The van der Waals surface area contributed by atoms with Gasteiger partial charge in [0.15, 0.2) is 0 Å². The van der Waals surface area contributed by atoms with Gasteiger partial charge in [-0.3, -0.25) is 9.59 Å². The van der Waals surface area contributed by atoms with E-state index in [0.29, 0.717) is 37.8 Å². The van der Waals surface area contributed by atoms with Crippen LogP contribution in [-0.2, 0) is 28.7 Å². The smallest absolute Gasteiger partial charge is 0.335 e. The molecule has 1 heterocycles. The Morgan fingerprint density at radius 1 is 1.14 bits per heavy atom. The lowest BCUT2D eigenvalue weighted by Gasteiger charge is -2.12. The maximum Gasteiger partial charge on any atom is 0.335 e. The Bertz CT molecular complexity index is 433. The maximum absolute atomic E-state index is 11.4. The molecule has 1 saturated heterocycles. The number of hydrogen-bond donors (Lipinski definition) is 0. The molecule has 0 aromatic rings. The minimum atomic E-state index is -0.695. The summed E-state index contributed by atoms with van der Waals surface area (Å²) >= 11 is 0. The number of imide groups is 1. The van der Waals surface area contributed by atoms with E-state index >= 15 is 0 Å². The molecule has 0 unspecified atom stereocenters. The highest BCUT2D eigenvalue weighted by Crippen LogP contribution is 2.12. The number of carbonyl (C=O) groups excluding carboxylic acids is 3. The Morgan fingerprint density at radius 2 is 1.77 bits per heavy atom. The molecule has 0 radical (unpaired) electrons. The van der Waals surface area contributed by atoms with Crippen molar-refractivity contribution < 1.29 is 28.7 Å². The summed E-state index contributed by atoms with van der Waals surface area (Å²) in [6.45, 7) is 1.61. The minimum Gasteiger partial charge on any atom is -0.379 e. The van der Waals surface area contributed by atoms with Gasteiger partial charge in [0.05, 0.1) is 26.2 Å². The lowest BCUT2D eigenvalue weighted by atomic mass is 10.4. The molecule has 1 aliphatic rings. The van der Waals surface area contributed by atoms with E-state index in [9.17, 15) is 14.4 Å². The van der Waals surface area contributed by atoms with Crippen molar-refractivity contribution in [2.24, 2.45) is 5.11 Å². The van der Waals surface area contributed by atoms with Gasteiger partial charge in [0.1, 0.15) is 0 Å². The zero-order chi connectivity index (χ0) is 16.2. The number of hydroxylamine groups is 2. The first kappa shape index (κ1) is 17.9. The monoisotopic (exact) mass is 314 g/mol. The van der Waals surface area contributed by atoms with Crippen LogP contribution in [0.1, 0.15) is 25.7 Å². The molecule has 1 aliphatic heterocycles. The second kappa shape index (κ2) is 10.6. The first-order valence-electron chi connectivity index (χ1n) is 6.88. The Labute approximate surface area is 126 Å². The van der Waals surface area contributed by atoms with E-state index in [1.807, 2.05) is 0 Å². The summed E-state index contributed by atoms with van der Waals surface area (Å²) < 4.78 is 10.4. The summed E-state index contributed by atoms with van der Waals surface area (Å²) in [4.78, 5) is 41.1. The Kier molecular flexibility index (Phi) is 8.58. The van der Waals surface area contributed by atoms with Crippen molar-refractivity contribution in [1.82, 2.24) is 5.06 Å². The van der Waals surface area contributed by atoms with Crippen LogP contribution >= 0.6 is 0 Å². The summed E-state index contributed by atoms with van der Waals surface area (Å²) in [5.74, 6) is -1.71. The summed E-state index contributed by atoms with van der Waals surface area (Å²) in [7, 11) is 0. The molecule has 0 bridgehead atoms. The summed E-state index contributed by atoms with van der Waals surface area (Å²) in [6.07, 6.45) is 0.710. The summed E-state index contributed by atoms with van der Waals surface area (Å²) in [5, 5.41) is 3.87. The van der Waals surface area contributed by atoms with Crippen molar-refractivity contribution >= 4 is 17.8 Å². The first-order chi connectivity index (χ1) is 10.6. The van der Waals surface area contributed by atoms with E-state index < -0.39 is 17.8 Å². The van der Waals surface area contributed by atoms with Crippen LogP contribution in [-0.4, -0.2) is 55.8 Å². The number of azide groups is 1. The molecule has 22 heavy (non-hydrogen) atoms. The average Bonchev–Trinajstić information content (AvgIpc) is 2.81. The molecule has 122 valence electrons.